The molecule has 3 rings (SSSR count). The van der Waals surface area contributed by atoms with Crippen molar-refractivity contribution in [2.45, 2.75) is 32.1 Å². The van der Waals surface area contributed by atoms with Gasteiger partial charge in [-0.15, -0.1) is 0 Å². The maximum Gasteiger partial charge on any atom is 0.410 e. The summed E-state index contributed by atoms with van der Waals surface area (Å²) < 4.78 is 9.99. The number of carbonyl (C=O) groups excluding carboxylic acids is 2. The number of nitrogens with one attached hydrogen (secondary N) is 1. The normalized spacial score (nSPS) is 14.0. The minimum Gasteiger partial charge on any atom is -0.493 e. The summed E-state index contributed by atoms with van der Waals surface area (Å²) in [7, 11) is 1.42. The van der Waals surface area contributed by atoms with Crippen LogP contribution in [0.4, 0.5) is 10.5 Å². The summed E-state index contributed by atoms with van der Waals surface area (Å²) in [6.07, 6.45) is 5.47. The summed E-state index contributed by atoms with van der Waals surface area (Å²) in [5, 5.41) is 2.86. The standard InChI is InChI=1S/C21H24N2O4/c1-26-19-13-16(8-11-18(19)27-21(22)25)20(24)23-17-9-6-15(7-10-17)12-14-4-2-3-5-14/h6-11,13-14H,2-5,12H2,1H3,(H2,22,25)(H,23,24). The second-order valence-corrected chi connectivity index (χ2v) is 6.79. The number of rotatable bonds is 6. The third-order valence-corrected chi connectivity index (χ3v) is 4.85. The van der Waals surface area contributed by atoms with Crippen molar-refractivity contribution in [1.29, 1.82) is 0 Å². The third kappa shape index (κ3) is 5.00. The molecule has 2 aromatic carbocycles. The van der Waals surface area contributed by atoms with Crippen molar-refractivity contribution in [2.75, 3.05) is 12.4 Å². The fourth-order valence-corrected chi connectivity index (χ4v) is 3.48. The van der Waals surface area contributed by atoms with Gasteiger partial charge in [0.25, 0.3) is 5.91 Å². The lowest BCUT2D eigenvalue weighted by molar-refractivity contribution is 0.102. The number of carbonyl (C=O) groups is 2. The molecular formula is C21H24N2O4. The van der Waals surface area contributed by atoms with Crippen LogP contribution in [0.25, 0.3) is 0 Å². The first kappa shape index (κ1) is 18.8. The maximum absolute atomic E-state index is 12.5. The zero-order valence-corrected chi connectivity index (χ0v) is 15.4. The van der Waals surface area contributed by atoms with E-state index in [1.165, 1.54) is 50.5 Å². The van der Waals surface area contributed by atoms with Gasteiger partial charge in [0, 0.05) is 11.3 Å². The second kappa shape index (κ2) is 8.58. The minimum absolute atomic E-state index is 0.165. The van der Waals surface area contributed by atoms with Gasteiger partial charge in [0.2, 0.25) is 0 Å². The van der Waals surface area contributed by atoms with Gasteiger partial charge in [0.1, 0.15) is 0 Å². The molecule has 0 aliphatic heterocycles. The van der Waals surface area contributed by atoms with Crippen molar-refractivity contribution in [2.24, 2.45) is 11.7 Å². The van der Waals surface area contributed by atoms with Gasteiger partial charge in [-0.2, -0.15) is 0 Å². The van der Waals surface area contributed by atoms with E-state index < -0.39 is 6.09 Å². The molecule has 1 aliphatic carbocycles. The zero-order valence-electron chi connectivity index (χ0n) is 15.4. The summed E-state index contributed by atoms with van der Waals surface area (Å²) >= 11 is 0. The Bertz CT molecular complexity index is 811. The summed E-state index contributed by atoms with van der Waals surface area (Å²) in [4.78, 5) is 23.4. The number of primary amides is 1. The van der Waals surface area contributed by atoms with Crippen molar-refractivity contribution < 1.29 is 19.1 Å². The molecule has 0 saturated heterocycles. The van der Waals surface area contributed by atoms with E-state index in [0.717, 1.165) is 18.0 Å². The molecular weight excluding hydrogens is 344 g/mol. The van der Waals surface area contributed by atoms with E-state index >= 15 is 0 Å². The number of nitrogens with two attached hydrogens (primary N) is 1. The van der Waals surface area contributed by atoms with Gasteiger partial charge in [-0.3, -0.25) is 4.79 Å². The summed E-state index contributed by atoms with van der Waals surface area (Å²) in [5.74, 6) is 0.938. The van der Waals surface area contributed by atoms with Gasteiger partial charge in [-0.05, 0) is 48.2 Å². The van der Waals surface area contributed by atoms with Crippen LogP contribution in [0.15, 0.2) is 42.5 Å². The molecule has 0 aromatic heterocycles. The summed E-state index contributed by atoms with van der Waals surface area (Å²) in [6, 6.07) is 12.5. The molecule has 0 atom stereocenters. The van der Waals surface area contributed by atoms with Crippen molar-refractivity contribution >= 4 is 17.7 Å². The second-order valence-electron chi connectivity index (χ2n) is 6.79. The number of hydrogen-bond acceptors (Lipinski definition) is 4. The molecule has 1 saturated carbocycles. The van der Waals surface area contributed by atoms with E-state index in [2.05, 4.69) is 17.4 Å². The van der Waals surface area contributed by atoms with Crippen LogP contribution in [0.3, 0.4) is 0 Å². The molecule has 1 aliphatic rings. The Balaban J connectivity index is 1.64. The highest BCUT2D eigenvalue weighted by atomic mass is 16.6. The third-order valence-electron chi connectivity index (χ3n) is 4.85. The SMILES string of the molecule is COc1cc(C(=O)Nc2ccc(CC3CCCC3)cc2)ccc1OC(N)=O. The lowest BCUT2D eigenvalue weighted by atomic mass is 9.98. The van der Waals surface area contributed by atoms with Crippen LogP contribution in [-0.4, -0.2) is 19.1 Å². The summed E-state index contributed by atoms with van der Waals surface area (Å²) in [6.45, 7) is 0. The van der Waals surface area contributed by atoms with Gasteiger partial charge in [0.15, 0.2) is 11.5 Å². The minimum atomic E-state index is -0.941. The molecule has 0 unspecified atom stereocenters. The van der Waals surface area contributed by atoms with Gasteiger partial charge < -0.3 is 20.5 Å². The predicted octanol–water partition coefficient (Wildman–Crippen LogP) is 4.14. The number of amides is 2. The van der Waals surface area contributed by atoms with Crippen molar-refractivity contribution in [3.8, 4) is 11.5 Å². The highest BCUT2D eigenvalue weighted by Gasteiger charge is 2.16. The van der Waals surface area contributed by atoms with Crippen LogP contribution in [0, 0.1) is 5.92 Å². The first-order chi connectivity index (χ1) is 13.0. The Morgan fingerprint density at radius 3 is 2.41 bits per heavy atom. The highest BCUT2D eigenvalue weighted by molar-refractivity contribution is 6.04. The first-order valence-corrected chi connectivity index (χ1v) is 9.11. The molecule has 27 heavy (non-hydrogen) atoms. The molecule has 0 bridgehead atoms. The molecule has 3 N–H and O–H groups in total. The Kier molecular flexibility index (Phi) is 5.96. The highest BCUT2D eigenvalue weighted by Crippen LogP contribution is 2.29. The van der Waals surface area contributed by atoms with Gasteiger partial charge in [0.05, 0.1) is 7.11 Å². The smallest absolute Gasteiger partial charge is 0.410 e. The number of anilines is 1. The maximum atomic E-state index is 12.5. The predicted molar refractivity (Wildman–Crippen MR) is 103 cm³/mol. The zero-order chi connectivity index (χ0) is 19.2. The van der Waals surface area contributed by atoms with Crippen LogP contribution < -0.4 is 20.5 Å². The van der Waals surface area contributed by atoms with Crippen LogP contribution in [-0.2, 0) is 6.42 Å². The number of benzene rings is 2. The van der Waals surface area contributed by atoms with E-state index in [1.807, 2.05) is 12.1 Å². The van der Waals surface area contributed by atoms with E-state index in [9.17, 15) is 9.59 Å². The van der Waals surface area contributed by atoms with Crippen LogP contribution in [0.5, 0.6) is 11.5 Å². The van der Waals surface area contributed by atoms with Gasteiger partial charge in [-0.1, -0.05) is 37.8 Å². The first-order valence-electron chi connectivity index (χ1n) is 9.11. The fourth-order valence-electron chi connectivity index (χ4n) is 3.48. The molecule has 2 aromatic rings. The van der Waals surface area contributed by atoms with E-state index in [1.54, 1.807) is 6.07 Å². The molecule has 0 heterocycles. The largest absolute Gasteiger partial charge is 0.493 e. The Hall–Kier alpha value is -3.02. The van der Waals surface area contributed by atoms with E-state index in [4.69, 9.17) is 15.2 Å². The monoisotopic (exact) mass is 368 g/mol. The Morgan fingerprint density at radius 2 is 1.78 bits per heavy atom. The quantitative estimate of drug-likeness (QED) is 0.802. The fraction of sp³-hybridized carbons (Fsp3) is 0.333. The van der Waals surface area contributed by atoms with Crippen LogP contribution in [0.1, 0.15) is 41.6 Å². The molecule has 0 spiro atoms. The molecule has 1 fully saturated rings. The van der Waals surface area contributed by atoms with Crippen molar-refractivity contribution in [3.63, 3.8) is 0 Å². The number of ether oxygens (including phenoxy) is 2. The van der Waals surface area contributed by atoms with Crippen molar-refractivity contribution in [1.82, 2.24) is 0 Å². The van der Waals surface area contributed by atoms with Crippen LogP contribution in [0.2, 0.25) is 0 Å². The van der Waals surface area contributed by atoms with E-state index in [0.29, 0.717) is 5.56 Å². The molecule has 6 heteroatoms. The van der Waals surface area contributed by atoms with Crippen LogP contribution >= 0.6 is 0 Å². The average molecular weight is 368 g/mol. The lowest BCUT2D eigenvalue weighted by Crippen LogP contribution is -2.17. The average Bonchev–Trinajstić information content (AvgIpc) is 3.16. The van der Waals surface area contributed by atoms with Gasteiger partial charge >= 0.3 is 6.09 Å². The van der Waals surface area contributed by atoms with Gasteiger partial charge in [-0.25, -0.2) is 4.79 Å². The number of methoxy groups -OCH3 is 1. The molecule has 0 radical (unpaired) electrons. The Labute approximate surface area is 158 Å². The van der Waals surface area contributed by atoms with E-state index in [-0.39, 0.29) is 17.4 Å². The lowest BCUT2D eigenvalue weighted by Gasteiger charge is -2.11. The summed E-state index contributed by atoms with van der Waals surface area (Å²) in [5.41, 5.74) is 7.43. The topological polar surface area (TPSA) is 90.7 Å². The molecule has 2 amide bonds. The Morgan fingerprint density at radius 1 is 1.07 bits per heavy atom. The molecule has 142 valence electrons. The molecule has 6 nitrogen and oxygen atoms in total. The number of hydrogen-bond donors (Lipinski definition) is 2. The van der Waals surface area contributed by atoms with Crippen molar-refractivity contribution in [3.05, 3.63) is 53.6 Å².